The quantitative estimate of drug-likeness (QED) is 0.620. The fraction of sp³-hybridized carbons (Fsp3) is 0.571. The zero-order valence-electron chi connectivity index (χ0n) is 11.0. The number of aliphatic imine (C=N–C) groups is 1. The van der Waals surface area contributed by atoms with E-state index in [1.807, 2.05) is 18.2 Å². The molecule has 0 aliphatic heterocycles. The fourth-order valence-corrected chi connectivity index (χ4v) is 2.55. The van der Waals surface area contributed by atoms with Gasteiger partial charge in [-0.15, -0.1) is 0 Å². The number of rotatable bonds is 5. The van der Waals surface area contributed by atoms with Crippen molar-refractivity contribution in [1.82, 2.24) is 4.98 Å². The van der Waals surface area contributed by atoms with Crippen LogP contribution < -0.4 is 11.1 Å². The van der Waals surface area contributed by atoms with Gasteiger partial charge in [0.25, 0.3) is 0 Å². The molecule has 4 nitrogen and oxygen atoms in total. The van der Waals surface area contributed by atoms with Crippen LogP contribution in [0.2, 0.25) is 0 Å². The number of hydrogen-bond donors (Lipinski definition) is 2. The monoisotopic (exact) mass is 246 g/mol. The summed E-state index contributed by atoms with van der Waals surface area (Å²) in [7, 11) is 0. The van der Waals surface area contributed by atoms with Crippen molar-refractivity contribution in [1.29, 1.82) is 0 Å². The lowest BCUT2D eigenvalue weighted by atomic mass is 9.66. The maximum absolute atomic E-state index is 5.89. The highest BCUT2D eigenvalue weighted by atomic mass is 15.1. The van der Waals surface area contributed by atoms with Crippen molar-refractivity contribution < 1.29 is 0 Å². The van der Waals surface area contributed by atoms with Crippen LogP contribution in [0.1, 0.15) is 39.0 Å². The molecule has 0 aromatic carbocycles. The summed E-state index contributed by atoms with van der Waals surface area (Å²) in [5.41, 5.74) is 6.31. The molecule has 3 N–H and O–H groups in total. The van der Waals surface area contributed by atoms with Crippen LogP contribution >= 0.6 is 0 Å². The molecule has 1 aromatic heterocycles. The van der Waals surface area contributed by atoms with Crippen LogP contribution in [0.5, 0.6) is 0 Å². The summed E-state index contributed by atoms with van der Waals surface area (Å²) in [6.45, 7) is 3.08. The Morgan fingerprint density at radius 1 is 1.50 bits per heavy atom. The molecule has 98 valence electrons. The molecule has 1 fully saturated rings. The summed E-state index contributed by atoms with van der Waals surface area (Å²) in [5.74, 6) is 1.22. The fourth-order valence-electron chi connectivity index (χ4n) is 2.55. The second-order valence-electron chi connectivity index (χ2n) is 5.14. The largest absolute Gasteiger partial charge is 0.370 e. The van der Waals surface area contributed by atoms with E-state index in [1.54, 1.807) is 6.20 Å². The Labute approximate surface area is 109 Å². The van der Waals surface area contributed by atoms with Crippen molar-refractivity contribution >= 4 is 11.8 Å². The highest BCUT2D eigenvalue weighted by molar-refractivity contribution is 5.91. The Balaban J connectivity index is 1.89. The van der Waals surface area contributed by atoms with E-state index in [-0.39, 0.29) is 0 Å². The minimum Gasteiger partial charge on any atom is -0.370 e. The molecule has 1 heterocycles. The average Bonchev–Trinajstić information content (AvgIpc) is 2.34. The SMILES string of the molecule is CCCC1(CN=C(N)Nc2ccccn2)CCC1. The van der Waals surface area contributed by atoms with Crippen LogP contribution in [0.4, 0.5) is 5.82 Å². The van der Waals surface area contributed by atoms with Crippen molar-refractivity contribution in [2.75, 3.05) is 11.9 Å². The van der Waals surface area contributed by atoms with Gasteiger partial charge in [-0.25, -0.2) is 4.98 Å². The van der Waals surface area contributed by atoms with Gasteiger partial charge in [0.2, 0.25) is 0 Å². The number of guanidine groups is 1. The number of nitrogens with one attached hydrogen (secondary N) is 1. The highest BCUT2D eigenvalue weighted by Crippen LogP contribution is 2.44. The molecule has 2 rings (SSSR count). The van der Waals surface area contributed by atoms with Crippen molar-refractivity contribution in [3.8, 4) is 0 Å². The molecule has 1 aliphatic carbocycles. The maximum Gasteiger partial charge on any atom is 0.194 e. The normalized spacial score (nSPS) is 18.2. The van der Waals surface area contributed by atoms with E-state index in [4.69, 9.17) is 5.73 Å². The first-order chi connectivity index (χ1) is 8.74. The molecule has 18 heavy (non-hydrogen) atoms. The lowest BCUT2D eigenvalue weighted by molar-refractivity contribution is 0.130. The molecule has 1 aliphatic rings. The van der Waals surface area contributed by atoms with E-state index in [1.165, 1.54) is 32.1 Å². The summed E-state index contributed by atoms with van der Waals surface area (Å²) < 4.78 is 0. The second-order valence-corrected chi connectivity index (χ2v) is 5.14. The van der Waals surface area contributed by atoms with Gasteiger partial charge in [-0.3, -0.25) is 4.99 Å². The van der Waals surface area contributed by atoms with Gasteiger partial charge in [-0.05, 0) is 36.8 Å². The molecule has 1 saturated carbocycles. The molecule has 0 saturated heterocycles. The smallest absolute Gasteiger partial charge is 0.194 e. The number of pyridine rings is 1. The predicted octanol–water partition coefficient (Wildman–Crippen LogP) is 2.78. The number of nitrogens with two attached hydrogens (primary N) is 1. The van der Waals surface area contributed by atoms with Gasteiger partial charge >= 0.3 is 0 Å². The van der Waals surface area contributed by atoms with Gasteiger partial charge in [-0.2, -0.15) is 0 Å². The molecule has 1 aromatic rings. The number of anilines is 1. The average molecular weight is 246 g/mol. The molecule has 0 spiro atoms. The standard InChI is InChI=1S/C14H22N4/c1-2-7-14(8-5-9-14)11-17-13(15)18-12-6-3-4-10-16-12/h3-4,6,10H,2,5,7-9,11H2,1H3,(H3,15,16,17,18). The molecular weight excluding hydrogens is 224 g/mol. The third-order valence-electron chi connectivity index (χ3n) is 3.70. The van der Waals surface area contributed by atoms with Crippen LogP contribution in [-0.2, 0) is 0 Å². The lowest BCUT2D eigenvalue weighted by Crippen LogP contribution is -2.34. The third kappa shape index (κ3) is 3.22. The summed E-state index contributed by atoms with van der Waals surface area (Å²) in [6, 6.07) is 5.68. The van der Waals surface area contributed by atoms with Gasteiger partial charge in [0.15, 0.2) is 5.96 Å². The Hall–Kier alpha value is -1.58. The second kappa shape index (κ2) is 5.85. The van der Waals surface area contributed by atoms with E-state index in [0.29, 0.717) is 11.4 Å². The maximum atomic E-state index is 5.89. The van der Waals surface area contributed by atoms with Crippen molar-refractivity contribution in [3.05, 3.63) is 24.4 Å². The molecule has 0 amide bonds. The Morgan fingerprint density at radius 3 is 2.89 bits per heavy atom. The van der Waals surface area contributed by atoms with Crippen LogP contribution in [-0.4, -0.2) is 17.5 Å². The van der Waals surface area contributed by atoms with Gasteiger partial charge in [0, 0.05) is 12.7 Å². The topological polar surface area (TPSA) is 63.3 Å². The van der Waals surface area contributed by atoms with Crippen molar-refractivity contribution in [2.24, 2.45) is 16.1 Å². The predicted molar refractivity (Wildman–Crippen MR) is 75.5 cm³/mol. The first-order valence-electron chi connectivity index (χ1n) is 6.72. The summed E-state index contributed by atoms with van der Waals surface area (Å²) in [6.07, 6.45) is 8.14. The van der Waals surface area contributed by atoms with Gasteiger partial charge in [0.05, 0.1) is 0 Å². The molecule has 0 radical (unpaired) electrons. The van der Waals surface area contributed by atoms with E-state index < -0.39 is 0 Å². The van der Waals surface area contributed by atoms with Crippen LogP contribution in [0.25, 0.3) is 0 Å². The number of nitrogens with zero attached hydrogens (tertiary/aromatic N) is 2. The Morgan fingerprint density at radius 2 is 2.33 bits per heavy atom. The number of aromatic nitrogens is 1. The van der Waals surface area contributed by atoms with Gasteiger partial charge in [0.1, 0.15) is 5.82 Å². The van der Waals surface area contributed by atoms with Crippen LogP contribution in [0.3, 0.4) is 0 Å². The van der Waals surface area contributed by atoms with Crippen molar-refractivity contribution in [3.63, 3.8) is 0 Å². The third-order valence-corrected chi connectivity index (χ3v) is 3.70. The van der Waals surface area contributed by atoms with Crippen molar-refractivity contribution in [2.45, 2.75) is 39.0 Å². The molecule has 0 bridgehead atoms. The minimum absolute atomic E-state index is 0.422. The van der Waals surface area contributed by atoms with Crippen LogP contribution in [0.15, 0.2) is 29.4 Å². The van der Waals surface area contributed by atoms with Crippen LogP contribution in [0, 0.1) is 5.41 Å². The zero-order chi connectivity index (χ0) is 12.8. The number of hydrogen-bond acceptors (Lipinski definition) is 2. The molecular formula is C14H22N4. The Bertz CT molecular complexity index is 396. The molecule has 4 heteroatoms. The van der Waals surface area contributed by atoms with E-state index >= 15 is 0 Å². The first kappa shape index (κ1) is 12.9. The van der Waals surface area contributed by atoms with E-state index in [2.05, 4.69) is 22.2 Å². The zero-order valence-corrected chi connectivity index (χ0v) is 11.0. The first-order valence-corrected chi connectivity index (χ1v) is 6.72. The van der Waals surface area contributed by atoms with E-state index in [9.17, 15) is 0 Å². The summed E-state index contributed by atoms with van der Waals surface area (Å²) in [5, 5.41) is 3.02. The summed E-state index contributed by atoms with van der Waals surface area (Å²) in [4.78, 5) is 8.64. The Kier molecular flexibility index (Phi) is 4.18. The molecule has 0 unspecified atom stereocenters. The summed E-state index contributed by atoms with van der Waals surface area (Å²) >= 11 is 0. The van der Waals surface area contributed by atoms with Gasteiger partial charge in [-0.1, -0.05) is 25.8 Å². The molecule has 0 atom stereocenters. The lowest BCUT2D eigenvalue weighted by Gasteiger charge is -2.40. The van der Waals surface area contributed by atoms with Gasteiger partial charge < -0.3 is 11.1 Å². The minimum atomic E-state index is 0.422. The highest BCUT2D eigenvalue weighted by Gasteiger charge is 2.35. The van der Waals surface area contributed by atoms with E-state index in [0.717, 1.165) is 12.4 Å².